The smallest absolute Gasteiger partial charge is 0.329 e. The van der Waals surface area contributed by atoms with Crippen LogP contribution in [-0.4, -0.2) is 30.5 Å². The van der Waals surface area contributed by atoms with Gasteiger partial charge in [-0.3, -0.25) is 14.4 Å². The Morgan fingerprint density at radius 1 is 0.974 bits per heavy atom. The van der Waals surface area contributed by atoms with Crippen LogP contribution in [0.5, 0.6) is 5.75 Å². The average molecular weight is 644 g/mol. The highest BCUT2D eigenvalue weighted by atomic mass is 79.9. The van der Waals surface area contributed by atoms with Crippen LogP contribution in [0.25, 0.3) is 0 Å². The molecule has 0 saturated heterocycles. The predicted octanol–water partition coefficient (Wildman–Crippen LogP) is 5.43. The standard InChI is InChI=1S/C28H28Br2N4O4/c1-17(2)20-6-4-19(5-7-20)14-31-27(36)28(37)34-32-15-21-13-22(29)8-11-25(21)38-16-26(35)33-23-9-10-24(30)18(3)12-23/h4-13,15,17H,14,16H2,1-3H3,(H,31,36)(H,33,35)(H,34,37)/b32-15-. The van der Waals surface area contributed by atoms with Gasteiger partial charge in [-0.05, 0) is 65.9 Å². The minimum Gasteiger partial charge on any atom is -0.483 e. The van der Waals surface area contributed by atoms with Crippen LogP contribution in [0.4, 0.5) is 5.69 Å². The monoisotopic (exact) mass is 642 g/mol. The fourth-order valence-corrected chi connectivity index (χ4v) is 3.93. The van der Waals surface area contributed by atoms with Crippen LogP contribution in [0.1, 0.15) is 42.0 Å². The van der Waals surface area contributed by atoms with E-state index >= 15 is 0 Å². The number of carbonyl (C=O) groups excluding carboxylic acids is 3. The molecule has 0 saturated carbocycles. The molecule has 3 aromatic carbocycles. The van der Waals surface area contributed by atoms with E-state index in [1.54, 1.807) is 24.3 Å². The lowest BCUT2D eigenvalue weighted by Gasteiger charge is -2.11. The van der Waals surface area contributed by atoms with Crippen molar-refractivity contribution in [3.63, 3.8) is 0 Å². The Morgan fingerprint density at radius 2 is 1.71 bits per heavy atom. The molecule has 3 N–H and O–H groups in total. The van der Waals surface area contributed by atoms with E-state index in [1.807, 2.05) is 43.3 Å². The quantitative estimate of drug-likeness (QED) is 0.164. The number of carbonyl (C=O) groups is 3. The lowest BCUT2D eigenvalue weighted by molar-refractivity contribution is -0.139. The molecule has 0 aliphatic carbocycles. The van der Waals surface area contributed by atoms with Crippen molar-refractivity contribution in [1.82, 2.24) is 10.7 Å². The Bertz CT molecular complexity index is 1340. The van der Waals surface area contributed by atoms with Gasteiger partial charge in [-0.25, -0.2) is 5.43 Å². The Hall–Kier alpha value is -3.50. The zero-order chi connectivity index (χ0) is 27.7. The zero-order valence-electron chi connectivity index (χ0n) is 21.2. The lowest BCUT2D eigenvalue weighted by Crippen LogP contribution is -2.37. The second-order valence-corrected chi connectivity index (χ2v) is 10.5. The number of hydrogen-bond donors (Lipinski definition) is 3. The molecule has 0 radical (unpaired) electrons. The summed E-state index contributed by atoms with van der Waals surface area (Å²) >= 11 is 6.81. The van der Waals surface area contributed by atoms with E-state index < -0.39 is 11.8 Å². The van der Waals surface area contributed by atoms with Crippen LogP contribution in [0.15, 0.2) is 74.7 Å². The molecule has 0 aliphatic rings. The van der Waals surface area contributed by atoms with Gasteiger partial charge in [0.2, 0.25) is 0 Å². The summed E-state index contributed by atoms with van der Waals surface area (Å²) in [7, 11) is 0. The summed E-state index contributed by atoms with van der Waals surface area (Å²) in [6.07, 6.45) is 1.34. The van der Waals surface area contributed by atoms with Crippen LogP contribution in [0.2, 0.25) is 0 Å². The number of hydrazone groups is 1. The maximum atomic E-state index is 12.4. The maximum Gasteiger partial charge on any atom is 0.329 e. The third-order valence-corrected chi connectivity index (χ3v) is 6.83. The van der Waals surface area contributed by atoms with Gasteiger partial charge in [0.25, 0.3) is 5.91 Å². The second kappa shape index (κ2) is 13.9. The van der Waals surface area contributed by atoms with Crippen LogP contribution < -0.4 is 20.8 Å². The number of nitrogens with zero attached hydrogens (tertiary/aromatic N) is 1. The van der Waals surface area contributed by atoms with Crippen molar-refractivity contribution >= 4 is 61.5 Å². The van der Waals surface area contributed by atoms with Crippen molar-refractivity contribution in [1.29, 1.82) is 0 Å². The molecule has 8 nitrogen and oxygen atoms in total. The minimum atomic E-state index is -0.901. The SMILES string of the molecule is Cc1cc(NC(=O)COc2ccc(Br)cc2/C=N\NC(=O)C(=O)NCc2ccc(C(C)C)cc2)ccc1Br. The molecular weight excluding hydrogens is 616 g/mol. The van der Waals surface area contributed by atoms with Gasteiger partial charge in [-0.2, -0.15) is 5.10 Å². The van der Waals surface area contributed by atoms with Crippen molar-refractivity contribution in [3.05, 3.63) is 91.9 Å². The molecule has 38 heavy (non-hydrogen) atoms. The number of halogens is 2. The van der Waals surface area contributed by atoms with Gasteiger partial charge in [-0.15, -0.1) is 0 Å². The Labute approximate surface area is 238 Å². The molecule has 0 unspecified atom stereocenters. The summed E-state index contributed by atoms with van der Waals surface area (Å²) in [6.45, 7) is 6.13. The van der Waals surface area contributed by atoms with Gasteiger partial charge < -0.3 is 15.4 Å². The van der Waals surface area contributed by atoms with Crippen LogP contribution in [0.3, 0.4) is 0 Å². The molecular formula is C28H28Br2N4O4. The fourth-order valence-electron chi connectivity index (χ4n) is 3.31. The first-order valence-electron chi connectivity index (χ1n) is 11.8. The van der Waals surface area contributed by atoms with Crippen molar-refractivity contribution in [2.45, 2.75) is 33.2 Å². The fraction of sp³-hybridized carbons (Fsp3) is 0.214. The number of ether oxygens (including phenoxy) is 1. The van der Waals surface area contributed by atoms with Crippen molar-refractivity contribution in [2.24, 2.45) is 5.10 Å². The van der Waals surface area contributed by atoms with E-state index in [0.717, 1.165) is 20.1 Å². The van der Waals surface area contributed by atoms with Crippen molar-refractivity contribution in [2.75, 3.05) is 11.9 Å². The number of hydrogen-bond acceptors (Lipinski definition) is 5. The molecule has 0 atom stereocenters. The Kier molecular flexibility index (Phi) is 10.6. The van der Waals surface area contributed by atoms with Crippen molar-refractivity contribution < 1.29 is 19.1 Å². The van der Waals surface area contributed by atoms with Gasteiger partial charge in [0.15, 0.2) is 6.61 Å². The summed E-state index contributed by atoms with van der Waals surface area (Å²) in [6, 6.07) is 18.5. The summed E-state index contributed by atoms with van der Waals surface area (Å²) in [5, 5.41) is 9.23. The highest BCUT2D eigenvalue weighted by Crippen LogP contribution is 2.23. The largest absolute Gasteiger partial charge is 0.483 e. The first-order valence-corrected chi connectivity index (χ1v) is 13.4. The highest BCUT2D eigenvalue weighted by molar-refractivity contribution is 9.10. The van der Waals surface area contributed by atoms with Crippen LogP contribution in [0, 0.1) is 6.92 Å². The second-order valence-electron chi connectivity index (χ2n) is 8.76. The molecule has 0 fully saturated rings. The molecule has 198 valence electrons. The third-order valence-electron chi connectivity index (χ3n) is 5.45. The molecule has 0 spiro atoms. The molecule has 0 bridgehead atoms. The molecule has 3 aromatic rings. The number of nitrogens with one attached hydrogen (secondary N) is 3. The molecule has 3 rings (SSSR count). The summed E-state index contributed by atoms with van der Waals surface area (Å²) in [5.41, 5.74) is 6.44. The molecule has 0 aromatic heterocycles. The highest BCUT2D eigenvalue weighted by Gasteiger charge is 2.13. The topological polar surface area (TPSA) is 109 Å². The van der Waals surface area contributed by atoms with Gasteiger partial charge >= 0.3 is 11.8 Å². The van der Waals surface area contributed by atoms with E-state index in [4.69, 9.17) is 4.74 Å². The van der Waals surface area contributed by atoms with Gasteiger partial charge in [0.1, 0.15) is 5.75 Å². The average Bonchev–Trinajstić information content (AvgIpc) is 2.89. The zero-order valence-corrected chi connectivity index (χ0v) is 24.4. The van der Waals surface area contributed by atoms with E-state index in [9.17, 15) is 14.4 Å². The summed E-state index contributed by atoms with van der Waals surface area (Å²) in [4.78, 5) is 36.7. The van der Waals surface area contributed by atoms with Gasteiger partial charge in [0.05, 0.1) is 6.21 Å². The summed E-state index contributed by atoms with van der Waals surface area (Å²) < 4.78 is 7.36. The molecule has 0 heterocycles. The minimum absolute atomic E-state index is 0.222. The maximum absolute atomic E-state index is 12.4. The Morgan fingerprint density at radius 3 is 2.39 bits per heavy atom. The van der Waals surface area contributed by atoms with Gasteiger partial charge in [0, 0.05) is 26.7 Å². The van der Waals surface area contributed by atoms with E-state index in [1.165, 1.54) is 11.8 Å². The number of rotatable bonds is 9. The van der Waals surface area contributed by atoms with Gasteiger partial charge in [-0.1, -0.05) is 70.0 Å². The lowest BCUT2D eigenvalue weighted by atomic mass is 10.0. The van der Waals surface area contributed by atoms with Crippen LogP contribution in [-0.2, 0) is 20.9 Å². The molecule has 10 heteroatoms. The Balaban J connectivity index is 1.52. The molecule has 3 amide bonds. The summed E-state index contributed by atoms with van der Waals surface area (Å²) in [5.74, 6) is -1.25. The van der Waals surface area contributed by atoms with Crippen molar-refractivity contribution in [3.8, 4) is 5.75 Å². The first-order chi connectivity index (χ1) is 18.1. The number of amides is 3. The normalized spacial score (nSPS) is 10.9. The predicted molar refractivity (Wildman–Crippen MR) is 155 cm³/mol. The molecule has 0 aliphatic heterocycles. The van der Waals surface area contributed by atoms with E-state index in [2.05, 4.69) is 66.9 Å². The van der Waals surface area contributed by atoms with E-state index in [0.29, 0.717) is 22.9 Å². The number of anilines is 1. The van der Waals surface area contributed by atoms with E-state index in [-0.39, 0.29) is 19.1 Å². The first kappa shape index (κ1) is 29.1. The number of benzene rings is 3. The number of aryl methyl sites for hydroxylation is 1. The third kappa shape index (κ3) is 8.81. The van der Waals surface area contributed by atoms with Crippen LogP contribution >= 0.6 is 31.9 Å².